The van der Waals surface area contributed by atoms with Gasteiger partial charge in [0.05, 0.1) is 43.4 Å². The number of hydrogen-bond donors (Lipinski definition) is 2. The summed E-state index contributed by atoms with van der Waals surface area (Å²) in [6, 6.07) is 10.5. The number of carboxylic acid groups (broad SMARTS) is 1. The van der Waals surface area contributed by atoms with Gasteiger partial charge >= 0.3 is 5.97 Å². The van der Waals surface area contributed by atoms with Crippen LogP contribution in [0.4, 0.5) is 5.69 Å². The van der Waals surface area contributed by atoms with E-state index in [1.807, 2.05) is 0 Å². The Balaban J connectivity index is 2.02. The van der Waals surface area contributed by atoms with Crippen LogP contribution in [0, 0.1) is 0 Å². The Hall–Kier alpha value is -3.65. The summed E-state index contributed by atoms with van der Waals surface area (Å²) in [5, 5.41) is 13.0. The molecule has 0 saturated heterocycles. The van der Waals surface area contributed by atoms with Crippen LogP contribution in [0.2, 0.25) is 5.02 Å². The largest absolute Gasteiger partial charge is 0.496 e. The molecule has 2 heterocycles. The Bertz CT molecular complexity index is 1220. The van der Waals surface area contributed by atoms with Crippen molar-refractivity contribution in [2.75, 3.05) is 26.6 Å². The SMILES string of the molecule is COc1cc(OC)c([C@H]2CC(=O)Nc3c(C(=O)O)cn(-c4ccccc4Cl)c32)cc1OC. The predicted molar refractivity (Wildman–Crippen MR) is 119 cm³/mol. The molecule has 0 aliphatic carbocycles. The number of aromatic carboxylic acids is 1. The maximum absolute atomic E-state index is 12.6. The zero-order valence-corrected chi connectivity index (χ0v) is 18.4. The lowest BCUT2D eigenvalue weighted by atomic mass is 9.87. The summed E-state index contributed by atoms with van der Waals surface area (Å²) < 4.78 is 18.1. The van der Waals surface area contributed by atoms with Crippen LogP contribution in [0.5, 0.6) is 17.2 Å². The van der Waals surface area contributed by atoms with Gasteiger partial charge in [-0.3, -0.25) is 4.79 Å². The third-order valence-electron chi connectivity index (χ3n) is 5.48. The molecule has 0 saturated carbocycles. The molecule has 1 amide bonds. The molecule has 0 unspecified atom stereocenters. The van der Waals surface area contributed by atoms with E-state index < -0.39 is 11.9 Å². The Kier molecular flexibility index (Phi) is 5.71. The second-order valence-electron chi connectivity index (χ2n) is 7.18. The Labute approximate surface area is 189 Å². The minimum atomic E-state index is -1.16. The van der Waals surface area contributed by atoms with Gasteiger partial charge in [0.25, 0.3) is 0 Å². The van der Waals surface area contributed by atoms with Gasteiger partial charge in [0.15, 0.2) is 11.5 Å². The number of rotatable bonds is 6. The number of amides is 1. The number of hydrogen-bond acceptors (Lipinski definition) is 5. The van der Waals surface area contributed by atoms with Gasteiger partial charge in [0.2, 0.25) is 5.91 Å². The lowest BCUT2D eigenvalue weighted by Gasteiger charge is -2.28. The van der Waals surface area contributed by atoms with Gasteiger partial charge < -0.3 is 29.2 Å². The van der Waals surface area contributed by atoms with Crippen molar-refractivity contribution in [3.8, 4) is 22.9 Å². The highest BCUT2D eigenvalue weighted by Gasteiger charge is 2.36. The van der Waals surface area contributed by atoms with Gasteiger partial charge in [-0.15, -0.1) is 0 Å². The summed E-state index contributed by atoms with van der Waals surface area (Å²) >= 11 is 6.44. The number of ether oxygens (including phenoxy) is 3. The van der Waals surface area contributed by atoms with Gasteiger partial charge in [0, 0.05) is 30.2 Å². The zero-order valence-electron chi connectivity index (χ0n) is 17.6. The quantitative estimate of drug-likeness (QED) is 0.572. The predicted octanol–water partition coefficient (Wildman–Crippen LogP) is 4.33. The number of carbonyl (C=O) groups excluding carboxylic acids is 1. The molecule has 32 heavy (non-hydrogen) atoms. The second-order valence-corrected chi connectivity index (χ2v) is 7.59. The number of benzene rings is 2. The fourth-order valence-electron chi connectivity index (χ4n) is 4.06. The monoisotopic (exact) mass is 456 g/mol. The van der Waals surface area contributed by atoms with Gasteiger partial charge in [-0.1, -0.05) is 23.7 Å². The van der Waals surface area contributed by atoms with E-state index in [1.54, 1.807) is 41.0 Å². The molecule has 9 heteroatoms. The molecule has 1 atom stereocenters. The number of methoxy groups -OCH3 is 3. The molecule has 0 bridgehead atoms. The highest BCUT2D eigenvalue weighted by Crippen LogP contribution is 2.47. The molecule has 1 aliphatic rings. The lowest BCUT2D eigenvalue weighted by molar-refractivity contribution is -0.116. The topological polar surface area (TPSA) is 99.0 Å². The van der Waals surface area contributed by atoms with Crippen LogP contribution in [0.3, 0.4) is 0 Å². The molecule has 8 nitrogen and oxygen atoms in total. The van der Waals surface area contributed by atoms with E-state index in [-0.39, 0.29) is 23.6 Å². The first-order chi connectivity index (χ1) is 15.4. The Morgan fingerprint density at radius 3 is 2.38 bits per heavy atom. The van der Waals surface area contributed by atoms with Crippen molar-refractivity contribution in [2.24, 2.45) is 0 Å². The molecular formula is C23H21ClN2O6. The number of fused-ring (bicyclic) bond motifs is 1. The normalized spacial score (nSPS) is 15.0. The van der Waals surface area contributed by atoms with E-state index in [0.29, 0.717) is 39.2 Å². The van der Waals surface area contributed by atoms with Gasteiger partial charge in [0.1, 0.15) is 11.3 Å². The summed E-state index contributed by atoms with van der Waals surface area (Å²) in [7, 11) is 4.55. The fraction of sp³-hybridized carbons (Fsp3) is 0.217. The molecule has 1 aromatic heterocycles. The third-order valence-corrected chi connectivity index (χ3v) is 5.80. The Morgan fingerprint density at radius 2 is 1.75 bits per heavy atom. The number of anilines is 1. The first-order valence-corrected chi connectivity index (χ1v) is 10.1. The van der Waals surface area contributed by atoms with Crippen molar-refractivity contribution in [1.29, 1.82) is 0 Å². The number of nitrogens with one attached hydrogen (secondary N) is 1. The number of halogens is 1. The van der Waals surface area contributed by atoms with Crippen LogP contribution in [-0.4, -0.2) is 42.9 Å². The third kappa shape index (κ3) is 3.52. The van der Waals surface area contributed by atoms with Crippen molar-refractivity contribution in [3.05, 3.63) is 64.4 Å². The smallest absolute Gasteiger partial charge is 0.339 e. The average molecular weight is 457 g/mol. The first kappa shape index (κ1) is 21.6. The number of carbonyl (C=O) groups is 2. The van der Waals surface area contributed by atoms with Crippen LogP contribution in [0.1, 0.15) is 34.0 Å². The van der Waals surface area contributed by atoms with Gasteiger partial charge in [-0.05, 0) is 18.2 Å². The second kappa shape index (κ2) is 8.47. The van der Waals surface area contributed by atoms with Gasteiger partial charge in [-0.2, -0.15) is 0 Å². The maximum Gasteiger partial charge on any atom is 0.339 e. The molecule has 2 N–H and O–H groups in total. The van der Waals surface area contributed by atoms with E-state index in [0.717, 1.165) is 0 Å². The van der Waals surface area contributed by atoms with Crippen molar-refractivity contribution < 1.29 is 28.9 Å². The van der Waals surface area contributed by atoms with Crippen molar-refractivity contribution in [1.82, 2.24) is 4.57 Å². The molecule has 4 rings (SSSR count). The van der Waals surface area contributed by atoms with Crippen LogP contribution >= 0.6 is 11.6 Å². The van der Waals surface area contributed by atoms with Crippen LogP contribution in [0.15, 0.2) is 42.6 Å². The van der Waals surface area contributed by atoms with Crippen molar-refractivity contribution in [2.45, 2.75) is 12.3 Å². The summed E-state index contributed by atoms with van der Waals surface area (Å²) in [4.78, 5) is 24.6. The average Bonchev–Trinajstić information content (AvgIpc) is 3.17. The molecule has 1 aliphatic heterocycles. The van der Waals surface area contributed by atoms with E-state index in [9.17, 15) is 14.7 Å². The summed E-state index contributed by atoms with van der Waals surface area (Å²) in [5.41, 5.74) is 2.04. The first-order valence-electron chi connectivity index (χ1n) is 9.72. The maximum atomic E-state index is 12.6. The van der Waals surface area contributed by atoms with E-state index in [4.69, 9.17) is 25.8 Å². The molecule has 2 aromatic carbocycles. The van der Waals surface area contributed by atoms with Crippen molar-refractivity contribution in [3.63, 3.8) is 0 Å². The highest BCUT2D eigenvalue weighted by molar-refractivity contribution is 6.32. The van der Waals surface area contributed by atoms with Crippen LogP contribution in [0.25, 0.3) is 5.69 Å². The molecule has 0 fully saturated rings. The van der Waals surface area contributed by atoms with E-state index >= 15 is 0 Å². The number of nitrogens with zero attached hydrogens (tertiary/aromatic N) is 1. The van der Waals surface area contributed by atoms with Gasteiger partial charge in [-0.25, -0.2) is 4.79 Å². The molecule has 3 aromatic rings. The van der Waals surface area contributed by atoms with E-state index in [1.165, 1.54) is 27.5 Å². The summed E-state index contributed by atoms with van der Waals surface area (Å²) in [6.07, 6.45) is 1.55. The highest BCUT2D eigenvalue weighted by atomic mass is 35.5. The Morgan fingerprint density at radius 1 is 1.09 bits per heavy atom. The van der Waals surface area contributed by atoms with Crippen LogP contribution < -0.4 is 19.5 Å². The summed E-state index contributed by atoms with van der Waals surface area (Å²) in [5.74, 6) is -0.576. The standard InChI is InChI=1S/C23H21ClN2O6/c1-30-17-10-19(32-3)18(31-2)8-12(17)13-9-20(27)25-21-14(23(28)29)11-26(22(13)21)16-7-5-4-6-15(16)24/h4-8,10-11,13H,9H2,1-3H3,(H,25,27)(H,28,29)/t13-/m1/s1. The van der Waals surface area contributed by atoms with Crippen molar-refractivity contribution >= 4 is 29.2 Å². The minimum absolute atomic E-state index is 0.0302. The minimum Gasteiger partial charge on any atom is -0.496 e. The van der Waals surface area contributed by atoms with Crippen LogP contribution in [-0.2, 0) is 4.79 Å². The summed E-state index contributed by atoms with van der Waals surface area (Å²) in [6.45, 7) is 0. The molecule has 0 spiro atoms. The van der Waals surface area contributed by atoms with E-state index in [2.05, 4.69) is 5.32 Å². The number of para-hydroxylation sites is 1. The lowest BCUT2D eigenvalue weighted by Crippen LogP contribution is -2.26. The molecule has 166 valence electrons. The zero-order chi connectivity index (χ0) is 23.0. The fourth-order valence-corrected chi connectivity index (χ4v) is 4.29. The molecular weight excluding hydrogens is 436 g/mol. The number of carboxylic acids is 1. The molecule has 0 radical (unpaired) electrons. The number of aromatic nitrogens is 1.